The number of halogens is 2. The number of nitrogens with zero attached hydrogens (tertiary/aromatic N) is 1. The highest BCUT2D eigenvalue weighted by Gasteiger charge is 2.23. The van der Waals surface area contributed by atoms with Crippen LogP contribution in [0.1, 0.15) is 12.5 Å². The zero-order chi connectivity index (χ0) is 20.0. The second-order valence-electron chi connectivity index (χ2n) is 5.68. The van der Waals surface area contributed by atoms with Gasteiger partial charge in [0.05, 0.1) is 18.0 Å². The van der Waals surface area contributed by atoms with Crippen molar-refractivity contribution < 1.29 is 17.9 Å². The Bertz CT molecular complexity index is 902. The van der Waals surface area contributed by atoms with Gasteiger partial charge in [0.25, 0.3) is 0 Å². The SMILES string of the molecule is CCOc1ccc(S(=O)(=O)N(C)CC(=O)NCc2ccc(Cl)cc2Cl)cc1. The van der Waals surface area contributed by atoms with Gasteiger partial charge in [-0.2, -0.15) is 4.31 Å². The Morgan fingerprint density at radius 2 is 1.81 bits per heavy atom. The molecule has 1 N–H and O–H groups in total. The molecular weight excluding hydrogens is 411 g/mol. The first-order chi connectivity index (χ1) is 12.7. The highest BCUT2D eigenvalue weighted by molar-refractivity contribution is 7.89. The van der Waals surface area contributed by atoms with Crippen molar-refractivity contribution in [2.45, 2.75) is 18.4 Å². The van der Waals surface area contributed by atoms with Crippen LogP contribution in [0.3, 0.4) is 0 Å². The first kappa shape index (κ1) is 21.5. The summed E-state index contributed by atoms with van der Waals surface area (Å²) in [6, 6.07) is 11.0. The number of sulfonamides is 1. The largest absolute Gasteiger partial charge is 0.494 e. The molecule has 0 heterocycles. The molecule has 0 atom stereocenters. The molecule has 2 aromatic carbocycles. The predicted octanol–water partition coefficient (Wildman–Crippen LogP) is 3.33. The molecule has 0 fully saturated rings. The van der Waals surface area contributed by atoms with Gasteiger partial charge in [-0.3, -0.25) is 4.79 Å². The molecule has 0 aliphatic heterocycles. The highest BCUT2D eigenvalue weighted by Crippen LogP contribution is 2.21. The number of carbonyl (C=O) groups excluding carboxylic acids is 1. The molecular formula is C18H20Cl2N2O4S. The van der Waals surface area contributed by atoms with E-state index in [0.717, 1.165) is 4.31 Å². The van der Waals surface area contributed by atoms with E-state index in [2.05, 4.69) is 5.32 Å². The second-order valence-corrected chi connectivity index (χ2v) is 8.57. The van der Waals surface area contributed by atoms with Gasteiger partial charge in [0.2, 0.25) is 15.9 Å². The molecule has 0 spiro atoms. The summed E-state index contributed by atoms with van der Waals surface area (Å²) in [5.74, 6) is 0.134. The Hall–Kier alpha value is -1.80. The molecule has 2 rings (SSSR count). The smallest absolute Gasteiger partial charge is 0.243 e. The van der Waals surface area contributed by atoms with Crippen molar-refractivity contribution in [3.8, 4) is 5.75 Å². The van der Waals surface area contributed by atoms with E-state index in [4.69, 9.17) is 27.9 Å². The van der Waals surface area contributed by atoms with Crippen molar-refractivity contribution in [2.24, 2.45) is 0 Å². The normalized spacial score (nSPS) is 11.4. The summed E-state index contributed by atoms with van der Waals surface area (Å²) < 4.78 is 31.4. The fraction of sp³-hybridized carbons (Fsp3) is 0.278. The fourth-order valence-corrected chi connectivity index (χ4v) is 3.86. The number of amides is 1. The van der Waals surface area contributed by atoms with Crippen LogP contribution in [0.4, 0.5) is 0 Å². The van der Waals surface area contributed by atoms with Crippen molar-refractivity contribution in [3.63, 3.8) is 0 Å². The molecule has 27 heavy (non-hydrogen) atoms. The van der Waals surface area contributed by atoms with Crippen molar-refractivity contribution in [1.29, 1.82) is 0 Å². The molecule has 0 saturated heterocycles. The molecule has 0 radical (unpaired) electrons. The zero-order valence-electron chi connectivity index (χ0n) is 14.9. The van der Waals surface area contributed by atoms with E-state index >= 15 is 0 Å². The van der Waals surface area contributed by atoms with E-state index in [1.165, 1.54) is 19.2 Å². The maximum absolute atomic E-state index is 12.6. The van der Waals surface area contributed by atoms with E-state index in [1.807, 2.05) is 6.92 Å². The Morgan fingerprint density at radius 1 is 1.15 bits per heavy atom. The third-order valence-electron chi connectivity index (χ3n) is 3.70. The molecule has 6 nitrogen and oxygen atoms in total. The molecule has 9 heteroatoms. The summed E-state index contributed by atoms with van der Waals surface area (Å²) in [5.41, 5.74) is 0.687. The van der Waals surface area contributed by atoms with E-state index in [1.54, 1.807) is 30.3 Å². The summed E-state index contributed by atoms with van der Waals surface area (Å²) in [6.07, 6.45) is 0. The lowest BCUT2D eigenvalue weighted by Gasteiger charge is -2.17. The van der Waals surface area contributed by atoms with Crippen LogP contribution in [0.5, 0.6) is 5.75 Å². The molecule has 0 unspecified atom stereocenters. The molecule has 0 saturated carbocycles. The Balaban J connectivity index is 1.97. The van der Waals surface area contributed by atoms with Crippen LogP contribution in [0.2, 0.25) is 10.0 Å². The van der Waals surface area contributed by atoms with Gasteiger partial charge in [0.1, 0.15) is 5.75 Å². The maximum Gasteiger partial charge on any atom is 0.243 e. The Kier molecular flexibility index (Phi) is 7.49. The summed E-state index contributed by atoms with van der Waals surface area (Å²) in [7, 11) is -2.44. The van der Waals surface area contributed by atoms with Crippen LogP contribution in [0.15, 0.2) is 47.4 Å². The summed E-state index contributed by atoms with van der Waals surface area (Å²) >= 11 is 11.9. The van der Waals surface area contributed by atoms with Gasteiger partial charge < -0.3 is 10.1 Å². The highest BCUT2D eigenvalue weighted by atomic mass is 35.5. The Labute approximate surface area is 169 Å². The van der Waals surface area contributed by atoms with E-state index in [-0.39, 0.29) is 18.0 Å². The van der Waals surface area contributed by atoms with Crippen molar-refractivity contribution in [3.05, 3.63) is 58.1 Å². The standard InChI is InChI=1S/C18H20Cl2N2O4S/c1-3-26-15-6-8-16(9-7-15)27(24,25)22(2)12-18(23)21-11-13-4-5-14(19)10-17(13)20/h4-10H,3,11-12H2,1-2H3,(H,21,23). The van der Waals surface area contributed by atoms with Gasteiger partial charge in [0.15, 0.2) is 0 Å². The van der Waals surface area contributed by atoms with Crippen LogP contribution in [-0.4, -0.2) is 38.8 Å². The fourth-order valence-electron chi connectivity index (χ4n) is 2.26. The average molecular weight is 431 g/mol. The minimum absolute atomic E-state index is 0.0852. The van der Waals surface area contributed by atoms with Gasteiger partial charge >= 0.3 is 0 Å². The molecule has 0 aromatic heterocycles. The number of rotatable bonds is 8. The lowest BCUT2D eigenvalue weighted by molar-refractivity contribution is -0.121. The zero-order valence-corrected chi connectivity index (χ0v) is 17.2. The van der Waals surface area contributed by atoms with Gasteiger partial charge in [-0.05, 0) is 48.9 Å². The maximum atomic E-state index is 12.6. The minimum Gasteiger partial charge on any atom is -0.494 e. The average Bonchev–Trinajstić information content (AvgIpc) is 2.61. The van der Waals surface area contributed by atoms with Gasteiger partial charge in [-0.15, -0.1) is 0 Å². The number of carbonyl (C=O) groups is 1. The molecule has 1 amide bonds. The van der Waals surface area contributed by atoms with Crippen LogP contribution >= 0.6 is 23.2 Å². The lowest BCUT2D eigenvalue weighted by Crippen LogP contribution is -2.38. The molecule has 146 valence electrons. The monoisotopic (exact) mass is 430 g/mol. The summed E-state index contributed by atoms with van der Waals surface area (Å²) in [5, 5.41) is 3.57. The number of likely N-dealkylation sites (N-methyl/N-ethyl adjacent to an activating group) is 1. The van der Waals surface area contributed by atoms with Crippen molar-refractivity contribution >= 4 is 39.1 Å². The number of ether oxygens (including phenoxy) is 1. The van der Waals surface area contributed by atoms with E-state index < -0.39 is 15.9 Å². The number of hydrogen-bond acceptors (Lipinski definition) is 4. The number of benzene rings is 2. The topological polar surface area (TPSA) is 75.7 Å². The van der Waals surface area contributed by atoms with Gasteiger partial charge in [-0.1, -0.05) is 29.3 Å². The summed E-state index contributed by atoms with van der Waals surface area (Å²) in [4.78, 5) is 12.2. The minimum atomic E-state index is -3.79. The molecule has 2 aromatic rings. The summed E-state index contributed by atoms with van der Waals surface area (Å²) in [6.45, 7) is 2.19. The molecule has 0 bridgehead atoms. The second kappa shape index (κ2) is 9.41. The van der Waals surface area contributed by atoms with Crippen molar-refractivity contribution in [1.82, 2.24) is 9.62 Å². The number of nitrogens with one attached hydrogen (secondary N) is 1. The van der Waals surface area contributed by atoms with Crippen LogP contribution in [0, 0.1) is 0 Å². The first-order valence-electron chi connectivity index (χ1n) is 8.14. The van der Waals surface area contributed by atoms with E-state index in [0.29, 0.717) is 28.0 Å². The third kappa shape index (κ3) is 5.84. The Morgan fingerprint density at radius 3 is 2.41 bits per heavy atom. The number of hydrogen-bond donors (Lipinski definition) is 1. The van der Waals surface area contributed by atoms with Crippen LogP contribution in [0.25, 0.3) is 0 Å². The third-order valence-corrected chi connectivity index (χ3v) is 6.10. The predicted molar refractivity (Wildman–Crippen MR) is 106 cm³/mol. The molecule has 0 aliphatic carbocycles. The van der Waals surface area contributed by atoms with E-state index in [9.17, 15) is 13.2 Å². The van der Waals surface area contributed by atoms with Gasteiger partial charge in [-0.25, -0.2) is 8.42 Å². The van der Waals surface area contributed by atoms with Crippen molar-refractivity contribution in [2.75, 3.05) is 20.2 Å². The lowest BCUT2D eigenvalue weighted by atomic mass is 10.2. The van der Waals surface area contributed by atoms with Gasteiger partial charge in [0, 0.05) is 23.6 Å². The van der Waals surface area contributed by atoms with Crippen LogP contribution in [-0.2, 0) is 21.4 Å². The van der Waals surface area contributed by atoms with Crippen LogP contribution < -0.4 is 10.1 Å². The molecule has 0 aliphatic rings. The first-order valence-corrected chi connectivity index (χ1v) is 10.3. The quantitative estimate of drug-likeness (QED) is 0.696.